The quantitative estimate of drug-likeness (QED) is 0.799. The van der Waals surface area contributed by atoms with Crippen LogP contribution in [-0.2, 0) is 10.0 Å². The summed E-state index contributed by atoms with van der Waals surface area (Å²) in [6.45, 7) is 0.409. The van der Waals surface area contributed by atoms with Gasteiger partial charge in [-0.2, -0.15) is 9.29 Å². The Morgan fingerprint density at radius 1 is 1.28 bits per heavy atom. The third-order valence-electron chi connectivity index (χ3n) is 3.91. The average Bonchev–Trinajstić information content (AvgIpc) is 3.04. The zero-order chi connectivity index (χ0) is 18.0. The number of ether oxygens (including phenoxy) is 1. The molecule has 1 aromatic heterocycles. The van der Waals surface area contributed by atoms with Crippen LogP contribution < -0.4 is 9.64 Å². The van der Waals surface area contributed by atoms with Gasteiger partial charge < -0.3 is 9.64 Å². The van der Waals surface area contributed by atoms with Gasteiger partial charge >= 0.3 is 0 Å². The fourth-order valence-corrected chi connectivity index (χ4v) is 4.14. The third-order valence-corrected chi connectivity index (χ3v) is 5.81. The Morgan fingerprint density at radius 2 is 2.04 bits per heavy atom. The average molecular weight is 366 g/mol. The van der Waals surface area contributed by atoms with Crippen LogP contribution in [0.25, 0.3) is 0 Å². The summed E-state index contributed by atoms with van der Waals surface area (Å²) in [5.74, 6) is 0.226. The molecule has 0 amide bonds. The van der Waals surface area contributed by atoms with E-state index in [1.807, 2.05) is 14.1 Å². The summed E-state index contributed by atoms with van der Waals surface area (Å²) in [5.41, 5.74) is 0. The van der Waals surface area contributed by atoms with Gasteiger partial charge in [0.2, 0.25) is 15.9 Å². The second kappa shape index (κ2) is 6.93. The van der Waals surface area contributed by atoms with Crippen molar-refractivity contribution in [3.05, 3.63) is 42.5 Å². The smallest absolute Gasteiger partial charge is 0.246 e. The monoisotopic (exact) mass is 366 g/mol. The lowest BCUT2D eigenvalue weighted by atomic mass is 10.3. The molecule has 0 N–H and O–H groups in total. The number of benzene rings is 1. The molecule has 2 aromatic rings. The second-order valence-electron chi connectivity index (χ2n) is 5.93. The molecule has 2 heterocycles. The van der Waals surface area contributed by atoms with Gasteiger partial charge in [0.1, 0.15) is 16.8 Å². The first-order valence-corrected chi connectivity index (χ1v) is 9.22. The fraction of sp³-hybridized carbons (Fsp3) is 0.375. The van der Waals surface area contributed by atoms with Crippen molar-refractivity contribution in [1.29, 1.82) is 0 Å². The van der Waals surface area contributed by atoms with Crippen LogP contribution >= 0.6 is 0 Å². The normalized spacial score (nSPS) is 18.3. The second-order valence-corrected chi connectivity index (χ2v) is 7.84. The molecule has 1 unspecified atom stereocenters. The number of anilines is 1. The first-order valence-electron chi connectivity index (χ1n) is 7.78. The van der Waals surface area contributed by atoms with E-state index >= 15 is 0 Å². The molecule has 25 heavy (non-hydrogen) atoms. The lowest BCUT2D eigenvalue weighted by Crippen LogP contribution is -2.31. The van der Waals surface area contributed by atoms with Crippen molar-refractivity contribution in [1.82, 2.24) is 14.3 Å². The summed E-state index contributed by atoms with van der Waals surface area (Å²) in [7, 11) is -0.203. The summed E-state index contributed by atoms with van der Waals surface area (Å²) < 4.78 is 46.0. The van der Waals surface area contributed by atoms with Crippen LogP contribution in [0.4, 0.5) is 10.2 Å². The first kappa shape index (κ1) is 17.6. The van der Waals surface area contributed by atoms with Crippen LogP contribution in [0.15, 0.2) is 41.6 Å². The van der Waals surface area contributed by atoms with E-state index in [0.29, 0.717) is 18.1 Å². The molecule has 1 saturated heterocycles. The molecule has 0 spiro atoms. The molecule has 134 valence electrons. The van der Waals surface area contributed by atoms with Gasteiger partial charge in [-0.1, -0.05) is 12.1 Å². The van der Waals surface area contributed by atoms with E-state index < -0.39 is 15.8 Å². The predicted octanol–water partition coefficient (Wildman–Crippen LogP) is 1.52. The summed E-state index contributed by atoms with van der Waals surface area (Å²) in [6.07, 6.45) is 3.24. The van der Waals surface area contributed by atoms with Crippen LogP contribution in [0.2, 0.25) is 0 Å². The molecule has 0 radical (unpaired) electrons. The Bertz CT molecular complexity index is 860. The van der Waals surface area contributed by atoms with Gasteiger partial charge in [0.25, 0.3) is 0 Å². The molecule has 9 heteroatoms. The Kier molecular flexibility index (Phi) is 4.87. The highest BCUT2D eigenvalue weighted by Gasteiger charge is 2.35. The maximum atomic E-state index is 13.8. The van der Waals surface area contributed by atoms with Crippen molar-refractivity contribution >= 4 is 15.8 Å². The molecule has 0 aliphatic carbocycles. The fourth-order valence-electron chi connectivity index (χ4n) is 2.59. The number of nitrogens with zero attached hydrogens (tertiary/aromatic N) is 4. The summed E-state index contributed by atoms with van der Waals surface area (Å²) in [5, 5.41) is 0. The number of halogens is 1. The Morgan fingerprint density at radius 3 is 2.76 bits per heavy atom. The molecule has 0 saturated carbocycles. The minimum Gasteiger partial charge on any atom is -0.472 e. The third kappa shape index (κ3) is 3.72. The van der Waals surface area contributed by atoms with Gasteiger partial charge in [0.05, 0.1) is 18.9 Å². The maximum absolute atomic E-state index is 13.8. The maximum Gasteiger partial charge on any atom is 0.246 e. The van der Waals surface area contributed by atoms with Crippen molar-refractivity contribution in [2.75, 3.05) is 32.1 Å². The van der Waals surface area contributed by atoms with E-state index in [9.17, 15) is 12.8 Å². The van der Waals surface area contributed by atoms with E-state index in [-0.39, 0.29) is 24.1 Å². The van der Waals surface area contributed by atoms with Crippen LogP contribution in [0, 0.1) is 5.82 Å². The van der Waals surface area contributed by atoms with E-state index in [0.717, 1.165) is 6.07 Å². The Hall–Kier alpha value is -2.26. The van der Waals surface area contributed by atoms with Crippen molar-refractivity contribution in [3.63, 3.8) is 0 Å². The molecule has 1 aliphatic rings. The summed E-state index contributed by atoms with van der Waals surface area (Å²) in [4.78, 5) is 9.85. The lowest BCUT2D eigenvalue weighted by Gasteiger charge is -2.18. The van der Waals surface area contributed by atoms with Gasteiger partial charge in [0.15, 0.2) is 5.82 Å². The van der Waals surface area contributed by atoms with Gasteiger partial charge in [-0.05, 0) is 18.6 Å². The first-order chi connectivity index (χ1) is 11.9. The number of aromatic nitrogens is 2. The zero-order valence-electron chi connectivity index (χ0n) is 14.0. The summed E-state index contributed by atoms with van der Waals surface area (Å²) in [6, 6.07) is 5.37. The summed E-state index contributed by atoms with van der Waals surface area (Å²) >= 11 is 0. The van der Waals surface area contributed by atoms with Gasteiger partial charge in [-0.3, -0.25) is 4.98 Å². The zero-order valence-corrected chi connectivity index (χ0v) is 14.8. The molecular weight excluding hydrogens is 347 g/mol. The van der Waals surface area contributed by atoms with Crippen LogP contribution in [-0.4, -0.2) is 56.0 Å². The van der Waals surface area contributed by atoms with Gasteiger partial charge in [-0.25, -0.2) is 12.8 Å². The Balaban J connectivity index is 1.72. The number of rotatable bonds is 5. The SMILES string of the molecule is CN(C)c1cncc(OC2CCN(S(=O)(=O)c3ccccc3F)C2)n1. The molecule has 1 aliphatic heterocycles. The van der Waals surface area contributed by atoms with Crippen molar-refractivity contribution in [3.8, 4) is 5.88 Å². The topological polar surface area (TPSA) is 75.6 Å². The Labute approximate surface area is 146 Å². The number of hydrogen-bond acceptors (Lipinski definition) is 6. The highest BCUT2D eigenvalue weighted by atomic mass is 32.2. The van der Waals surface area contributed by atoms with Crippen molar-refractivity contribution in [2.45, 2.75) is 17.4 Å². The van der Waals surface area contributed by atoms with Crippen molar-refractivity contribution in [2.24, 2.45) is 0 Å². The minimum atomic E-state index is -3.88. The number of sulfonamides is 1. The van der Waals surface area contributed by atoms with Crippen LogP contribution in [0.5, 0.6) is 5.88 Å². The highest BCUT2D eigenvalue weighted by molar-refractivity contribution is 7.89. The number of hydrogen-bond donors (Lipinski definition) is 0. The van der Waals surface area contributed by atoms with Gasteiger partial charge in [0, 0.05) is 20.6 Å². The molecule has 0 bridgehead atoms. The molecule has 7 nitrogen and oxygen atoms in total. The largest absolute Gasteiger partial charge is 0.472 e. The predicted molar refractivity (Wildman–Crippen MR) is 90.6 cm³/mol. The van der Waals surface area contributed by atoms with Crippen LogP contribution in [0.1, 0.15) is 6.42 Å². The lowest BCUT2D eigenvalue weighted by molar-refractivity contribution is 0.206. The molecule has 1 atom stereocenters. The van der Waals surface area contributed by atoms with E-state index in [2.05, 4.69) is 9.97 Å². The molecule has 1 fully saturated rings. The minimum absolute atomic E-state index is 0.143. The molecule has 3 rings (SSSR count). The van der Waals surface area contributed by atoms with Crippen LogP contribution in [0.3, 0.4) is 0 Å². The van der Waals surface area contributed by atoms with E-state index in [1.54, 1.807) is 11.1 Å². The molecule has 1 aromatic carbocycles. The standard InChI is InChI=1S/C16H19FN4O3S/c1-20(2)15-9-18-10-16(19-15)24-12-7-8-21(11-12)25(22,23)14-6-4-3-5-13(14)17/h3-6,9-10,12H,7-8,11H2,1-2H3. The highest BCUT2D eigenvalue weighted by Crippen LogP contribution is 2.25. The molecular formula is C16H19FN4O3S. The van der Waals surface area contributed by atoms with Crippen molar-refractivity contribution < 1.29 is 17.5 Å². The van der Waals surface area contributed by atoms with Gasteiger partial charge in [-0.15, -0.1) is 0 Å². The van der Waals surface area contributed by atoms with E-state index in [4.69, 9.17) is 4.74 Å². The van der Waals surface area contributed by atoms with E-state index in [1.165, 1.54) is 28.7 Å².